The average Bonchev–Trinajstić information content (AvgIpc) is 3.12. The minimum absolute atomic E-state index is 0.159. The van der Waals surface area contributed by atoms with Crippen molar-refractivity contribution in [2.45, 2.75) is 59.4 Å². The van der Waals surface area contributed by atoms with Gasteiger partial charge in [0.15, 0.2) is 12.4 Å². The molecule has 2 fully saturated rings. The summed E-state index contributed by atoms with van der Waals surface area (Å²) in [6, 6.07) is -1.08. The number of hydrogen-bond donors (Lipinski definition) is 1. The zero-order valence-electron chi connectivity index (χ0n) is 17.2. The van der Waals surface area contributed by atoms with Crippen molar-refractivity contribution in [3.63, 3.8) is 0 Å². The molecule has 0 bridgehead atoms. The van der Waals surface area contributed by atoms with Gasteiger partial charge in [-0.3, -0.25) is 24.1 Å². The van der Waals surface area contributed by atoms with Crippen molar-refractivity contribution in [3.05, 3.63) is 22.5 Å². The van der Waals surface area contributed by atoms with Gasteiger partial charge in [0.25, 0.3) is 0 Å². The van der Waals surface area contributed by atoms with E-state index in [1.807, 2.05) is 0 Å². The molecule has 8 nitrogen and oxygen atoms in total. The summed E-state index contributed by atoms with van der Waals surface area (Å²) < 4.78 is 5.11. The van der Waals surface area contributed by atoms with Gasteiger partial charge in [-0.25, -0.2) is 4.79 Å². The summed E-state index contributed by atoms with van der Waals surface area (Å²) in [5.74, 6) is -2.77. The van der Waals surface area contributed by atoms with Gasteiger partial charge in [-0.15, -0.1) is 0 Å². The number of ketones is 2. The van der Waals surface area contributed by atoms with Crippen LogP contribution in [0.2, 0.25) is 0 Å². The maximum atomic E-state index is 12.6. The summed E-state index contributed by atoms with van der Waals surface area (Å²) in [6.07, 6.45) is 3.13. The molecule has 29 heavy (non-hydrogen) atoms. The first-order valence-corrected chi connectivity index (χ1v) is 9.92. The van der Waals surface area contributed by atoms with E-state index in [1.165, 1.54) is 13.8 Å². The Kier molecular flexibility index (Phi) is 5.73. The zero-order valence-corrected chi connectivity index (χ0v) is 17.2. The lowest BCUT2D eigenvalue weighted by molar-refractivity contribution is -0.157. The van der Waals surface area contributed by atoms with Crippen molar-refractivity contribution < 1.29 is 28.7 Å². The van der Waals surface area contributed by atoms with Gasteiger partial charge < -0.3 is 9.72 Å². The molecular formula is C21H26N2O6. The van der Waals surface area contributed by atoms with Crippen LogP contribution in [0.4, 0.5) is 0 Å². The number of fused-ring (bicyclic) bond motifs is 1. The Bertz CT molecular complexity index is 875. The van der Waals surface area contributed by atoms with E-state index < -0.39 is 24.4 Å². The number of imide groups is 1. The van der Waals surface area contributed by atoms with Crippen LogP contribution in [-0.2, 0) is 19.1 Å². The smallest absolute Gasteiger partial charge is 0.329 e. The van der Waals surface area contributed by atoms with Crippen LogP contribution in [0.5, 0.6) is 0 Å². The highest BCUT2D eigenvalue weighted by molar-refractivity contribution is 6.08. The fraction of sp³-hybridized carbons (Fsp3) is 0.571. The normalized spacial score (nSPS) is 22.4. The highest BCUT2D eigenvalue weighted by atomic mass is 16.5. The van der Waals surface area contributed by atoms with Gasteiger partial charge in [0.1, 0.15) is 6.04 Å². The van der Waals surface area contributed by atoms with Crippen LogP contribution in [0.15, 0.2) is 0 Å². The van der Waals surface area contributed by atoms with Crippen LogP contribution >= 0.6 is 0 Å². The lowest BCUT2D eigenvalue weighted by Gasteiger charge is -2.21. The number of Topliss-reactive ketones (excluding diaryl/α,β-unsaturated/α-hetero) is 2. The number of rotatable bonds is 6. The van der Waals surface area contributed by atoms with E-state index in [9.17, 15) is 24.0 Å². The SMILES string of the molecule is CC(=O)c1c(C)[nH]c(C(=O)COC(=O)[C@H](C)N2C(=O)[C@@H]3CCCC[C@H]3C2=O)c1C. The summed E-state index contributed by atoms with van der Waals surface area (Å²) in [7, 11) is 0. The lowest BCUT2D eigenvalue weighted by atomic mass is 9.81. The molecular weight excluding hydrogens is 376 g/mol. The number of hydrogen-bond acceptors (Lipinski definition) is 6. The molecule has 3 atom stereocenters. The first kappa shape index (κ1) is 21.0. The number of ether oxygens (including phenoxy) is 1. The van der Waals surface area contributed by atoms with Crippen LogP contribution in [0.3, 0.4) is 0 Å². The number of esters is 1. The van der Waals surface area contributed by atoms with E-state index in [2.05, 4.69) is 4.98 Å². The monoisotopic (exact) mass is 402 g/mol. The largest absolute Gasteiger partial charge is 0.456 e. The van der Waals surface area contributed by atoms with Gasteiger partial charge in [-0.1, -0.05) is 12.8 Å². The maximum Gasteiger partial charge on any atom is 0.329 e. The predicted octanol–water partition coefficient (Wildman–Crippen LogP) is 2.12. The highest BCUT2D eigenvalue weighted by Crippen LogP contribution is 2.38. The number of aromatic nitrogens is 1. The molecule has 1 aliphatic carbocycles. The Hall–Kier alpha value is -2.77. The quantitative estimate of drug-likeness (QED) is 0.443. The topological polar surface area (TPSA) is 114 Å². The second kappa shape index (κ2) is 7.93. The molecule has 8 heteroatoms. The van der Waals surface area contributed by atoms with Crippen LogP contribution in [0, 0.1) is 25.7 Å². The Morgan fingerprint density at radius 3 is 2.14 bits per heavy atom. The number of carbonyl (C=O) groups excluding carboxylic acids is 5. The molecule has 2 heterocycles. The van der Waals surface area contributed by atoms with Crippen molar-refractivity contribution >= 4 is 29.4 Å². The molecule has 1 saturated heterocycles. The molecule has 3 rings (SSSR count). The molecule has 1 aromatic heterocycles. The van der Waals surface area contributed by atoms with Gasteiger partial charge >= 0.3 is 5.97 Å². The van der Waals surface area contributed by atoms with Gasteiger partial charge in [0.05, 0.1) is 17.5 Å². The van der Waals surface area contributed by atoms with Gasteiger partial charge in [-0.2, -0.15) is 0 Å². The van der Waals surface area contributed by atoms with Crippen molar-refractivity contribution in [2.75, 3.05) is 6.61 Å². The minimum atomic E-state index is -1.08. The first-order chi connectivity index (χ1) is 13.6. The Morgan fingerprint density at radius 1 is 1.10 bits per heavy atom. The minimum Gasteiger partial charge on any atom is -0.456 e. The number of H-pyrrole nitrogens is 1. The van der Waals surface area contributed by atoms with E-state index in [0.29, 0.717) is 29.7 Å². The highest BCUT2D eigenvalue weighted by Gasteiger charge is 2.51. The number of likely N-dealkylation sites (tertiary alicyclic amines) is 1. The molecule has 1 aliphatic heterocycles. The van der Waals surface area contributed by atoms with Gasteiger partial charge in [0.2, 0.25) is 17.6 Å². The summed E-state index contributed by atoms with van der Waals surface area (Å²) >= 11 is 0. The number of aromatic amines is 1. The Morgan fingerprint density at radius 2 is 1.66 bits per heavy atom. The number of nitrogens with one attached hydrogen (secondary N) is 1. The Balaban J connectivity index is 1.66. The third-order valence-corrected chi connectivity index (χ3v) is 6.02. The number of carbonyl (C=O) groups is 5. The van der Waals surface area contributed by atoms with Gasteiger partial charge in [0, 0.05) is 11.3 Å². The lowest BCUT2D eigenvalue weighted by Crippen LogP contribution is -2.44. The fourth-order valence-electron chi connectivity index (χ4n) is 4.56. The number of amides is 2. The molecule has 0 aromatic carbocycles. The molecule has 1 saturated carbocycles. The van der Waals surface area contributed by atoms with Gasteiger partial charge in [-0.05, 0) is 46.1 Å². The number of nitrogens with zero attached hydrogens (tertiary/aromatic N) is 1. The van der Waals surface area contributed by atoms with Crippen molar-refractivity contribution in [2.24, 2.45) is 11.8 Å². The molecule has 0 spiro atoms. The molecule has 2 aliphatic rings. The number of aryl methyl sites for hydroxylation is 1. The first-order valence-electron chi connectivity index (χ1n) is 9.92. The molecule has 0 unspecified atom stereocenters. The van der Waals surface area contributed by atoms with Crippen molar-refractivity contribution in [3.8, 4) is 0 Å². The molecule has 0 radical (unpaired) electrons. The van der Waals surface area contributed by atoms with Crippen molar-refractivity contribution in [1.29, 1.82) is 0 Å². The van der Waals surface area contributed by atoms with E-state index in [4.69, 9.17) is 4.74 Å². The maximum absolute atomic E-state index is 12.6. The van der Waals surface area contributed by atoms with E-state index in [-0.39, 0.29) is 35.1 Å². The van der Waals surface area contributed by atoms with Crippen LogP contribution in [0.1, 0.15) is 71.6 Å². The third kappa shape index (κ3) is 3.63. The van der Waals surface area contributed by atoms with Crippen LogP contribution in [0.25, 0.3) is 0 Å². The van der Waals surface area contributed by atoms with E-state index >= 15 is 0 Å². The predicted molar refractivity (Wildman–Crippen MR) is 102 cm³/mol. The summed E-state index contributed by atoms with van der Waals surface area (Å²) in [5, 5.41) is 0. The summed E-state index contributed by atoms with van der Waals surface area (Å²) in [5.41, 5.74) is 1.75. The van der Waals surface area contributed by atoms with Crippen LogP contribution < -0.4 is 0 Å². The third-order valence-electron chi connectivity index (χ3n) is 6.02. The van der Waals surface area contributed by atoms with Crippen molar-refractivity contribution in [1.82, 2.24) is 9.88 Å². The second-order valence-corrected chi connectivity index (χ2v) is 7.93. The summed E-state index contributed by atoms with van der Waals surface area (Å²) in [4.78, 5) is 65.7. The van der Waals surface area contributed by atoms with Crippen LogP contribution in [-0.4, -0.2) is 51.9 Å². The average molecular weight is 402 g/mol. The van der Waals surface area contributed by atoms with E-state index in [0.717, 1.165) is 17.7 Å². The molecule has 2 amide bonds. The zero-order chi connectivity index (χ0) is 21.5. The fourth-order valence-corrected chi connectivity index (χ4v) is 4.56. The summed E-state index contributed by atoms with van der Waals surface area (Å²) in [6.45, 7) is 5.67. The molecule has 156 valence electrons. The Labute approximate surface area is 169 Å². The molecule has 1 N–H and O–H groups in total. The standard InChI is InChI=1S/C21H26N2O6/c1-10-17(13(4)24)11(2)22-18(10)16(25)9-29-21(28)12(3)23-19(26)14-7-5-6-8-15(14)20(23)27/h12,14-15,22H,5-9H2,1-4H3/t12-,14+,15+/m0/s1. The second-order valence-electron chi connectivity index (χ2n) is 7.93. The van der Waals surface area contributed by atoms with E-state index in [1.54, 1.807) is 13.8 Å². The molecule has 1 aromatic rings.